The van der Waals surface area contributed by atoms with Crippen LogP contribution in [-0.4, -0.2) is 56.6 Å². The molecule has 2 rings (SSSR count). The summed E-state index contributed by atoms with van der Waals surface area (Å²) in [5.74, 6) is 1.59. The van der Waals surface area contributed by atoms with Crippen LogP contribution in [0.5, 0.6) is 11.5 Å². The first-order valence-electron chi connectivity index (χ1n) is 7.65. The molecule has 8 heteroatoms. The molecule has 2 amide bonds. The van der Waals surface area contributed by atoms with Gasteiger partial charge in [-0.15, -0.1) is 11.8 Å². The molecule has 1 aromatic carbocycles. The van der Waals surface area contributed by atoms with Gasteiger partial charge in [-0.1, -0.05) is 12.1 Å². The van der Waals surface area contributed by atoms with Crippen LogP contribution in [0.2, 0.25) is 0 Å². The maximum absolute atomic E-state index is 12.4. The average Bonchev–Trinajstić information content (AvgIpc) is 3.08. The Hall–Kier alpha value is -2.09. The zero-order valence-corrected chi connectivity index (χ0v) is 14.9. The lowest BCUT2D eigenvalue weighted by atomic mass is 10.1. The lowest BCUT2D eigenvalue weighted by Crippen LogP contribution is -2.42. The van der Waals surface area contributed by atoms with E-state index < -0.39 is 5.97 Å². The Morgan fingerprint density at radius 3 is 2.79 bits per heavy atom. The number of urea groups is 1. The molecule has 0 bridgehead atoms. The van der Waals surface area contributed by atoms with E-state index in [0.717, 1.165) is 11.3 Å². The third kappa shape index (κ3) is 4.05. The van der Waals surface area contributed by atoms with Gasteiger partial charge in [-0.2, -0.15) is 0 Å². The van der Waals surface area contributed by atoms with E-state index in [-0.39, 0.29) is 24.6 Å². The third-order valence-electron chi connectivity index (χ3n) is 3.54. The van der Waals surface area contributed by atoms with Crippen LogP contribution in [0.3, 0.4) is 0 Å². The highest BCUT2D eigenvalue weighted by Gasteiger charge is 2.33. The summed E-state index contributed by atoms with van der Waals surface area (Å²) in [6.07, 6.45) is 0. The smallest absolute Gasteiger partial charge is 0.325 e. The number of para-hydroxylation sites is 1. The van der Waals surface area contributed by atoms with Crippen molar-refractivity contribution in [3.8, 4) is 11.5 Å². The second-order valence-electron chi connectivity index (χ2n) is 4.96. The fourth-order valence-corrected chi connectivity index (χ4v) is 3.78. The zero-order valence-electron chi connectivity index (χ0n) is 14.0. The fourth-order valence-electron chi connectivity index (χ4n) is 2.50. The van der Waals surface area contributed by atoms with Crippen molar-refractivity contribution in [3.05, 3.63) is 23.8 Å². The quantitative estimate of drug-likeness (QED) is 0.788. The van der Waals surface area contributed by atoms with Crippen molar-refractivity contribution in [2.45, 2.75) is 12.3 Å². The molecule has 0 aliphatic carbocycles. The van der Waals surface area contributed by atoms with Crippen LogP contribution in [0.4, 0.5) is 4.79 Å². The molecule has 1 heterocycles. The number of esters is 1. The number of rotatable bonds is 6. The predicted molar refractivity (Wildman–Crippen MR) is 91.5 cm³/mol. The summed E-state index contributed by atoms with van der Waals surface area (Å²) in [5, 5.41) is 2.41. The van der Waals surface area contributed by atoms with E-state index in [0.29, 0.717) is 18.0 Å². The number of ether oxygens (including phenoxy) is 3. The van der Waals surface area contributed by atoms with Crippen LogP contribution in [0.1, 0.15) is 17.9 Å². The molecule has 1 aliphatic heterocycles. The number of hydrogen-bond donors (Lipinski definition) is 1. The first-order valence-corrected chi connectivity index (χ1v) is 8.69. The standard InChI is InChI=1S/C16H22N2O5S/c1-4-23-13(19)10-17-16(20)18-8-9-24-15(18)11-6-5-7-12(21-2)14(11)22-3/h5-7,15H,4,8-10H2,1-3H3,(H,17,20)/t15-/m1/s1. The van der Waals surface area contributed by atoms with Gasteiger partial charge < -0.3 is 24.4 Å². The molecule has 1 aromatic rings. The molecule has 1 atom stereocenters. The average molecular weight is 354 g/mol. The van der Waals surface area contributed by atoms with E-state index in [2.05, 4.69) is 5.32 Å². The van der Waals surface area contributed by atoms with Crippen molar-refractivity contribution in [3.63, 3.8) is 0 Å². The largest absolute Gasteiger partial charge is 0.493 e. The molecule has 0 spiro atoms. The Labute approximate surface area is 145 Å². The van der Waals surface area contributed by atoms with E-state index in [1.54, 1.807) is 37.8 Å². The number of benzene rings is 1. The summed E-state index contributed by atoms with van der Waals surface area (Å²) in [6, 6.07) is 5.29. The van der Waals surface area contributed by atoms with Crippen molar-refractivity contribution in [1.82, 2.24) is 10.2 Å². The Morgan fingerprint density at radius 2 is 2.12 bits per heavy atom. The van der Waals surface area contributed by atoms with E-state index in [1.807, 2.05) is 18.2 Å². The molecule has 0 radical (unpaired) electrons. The predicted octanol–water partition coefficient (Wildman–Crippen LogP) is 2.02. The first kappa shape index (κ1) is 18.3. The molecule has 1 N–H and O–H groups in total. The highest BCUT2D eigenvalue weighted by Crippen LogP contribution is 2.44. The van der Waals surface area contributed by atoms with Crippen molar-refractivity contribution in [1.29, 1.82) is 0 Å². The summed E-state index contributed by atoms with van der Waals surface area (Å²) in [5.41, 5.74) is 0.866. The summed E-state index contributed by atoms with van der Waals surface area (Å²) in [7, 11) is 3.15. The minimum absolute atomic E-state index is 0.143. The molecule has 132 valence electrons. The molecule has 7 nitrogen and oxygen atoms in total. The number of amides is 2. The van der Waals surface area contributed by atoms with Crippen LogP contribution < -0.4 is 14.8 Å². The van der Waals surface area contributed by atoms with Gasteiger partial charge in [0, 0.05) is 17.9 Å². The van der Waals surface area contributed by atoms with Crippen molar-refractivity contribution >= 4 is 23.8 Å². The van der Waals surface area contributed by atoms with Gasteiger partial charge in [0.25, 0.3) is 0 Å². The number of thioether (sulfide) groups is 1. The van der Waals surface area contributed by atoms with E-state index in [9.17, 15) is 9.59 Å². The third-order valence-corrected chi connectivity index (χ3v) is 4.78. The monoisotopic (exact) mass is 354 g/mol. The van der Waals surface area contributed by atoms with Gasteiger partial charge in [-0.3, -0.25) is 4.79 Å². The number of methoxy groups -OCH3 is 2. The Morgan fingerprint density at radius 1 is 1.33 bits per heavy atom. The van der Waals surface area contributed by atoms with Gasteiger partial charge in [0.2, 0.25) is 0 Å². The second-order valence-corrected chi connectivity index (χ2v) is 6.15. The molecule has 0 saturated carbocycles. The highest BCUT2D eigenvalue weighted by molar-refractivity contribution is 7.99. The first-order chi connectivity index (χ1) is 11.6. The van der Waals surface area contributed by atoms with Crippen molar-refractivity contribution in [2.24, 2.45) is 0 Å². The molecule has 24 heavy (non-hydrogen) atoms. The van der Waals surface area contributed by atoms with E-state index in [4.69, 9.17) is 14.2 Å². The van der Waals surface area contributed by atoms with Gasteiger partial charge in [-0.25, -0.2) is 4.79 Å². The Bertz CT molecular complexity index is 596. The molecule has 0 aromatic heterocycles. The Balaban J connectivity index is 2.13. The van der Waals surface area contributed by atoms with Gasteiger partial charge in [-0.05, 0) is 13.0 Å². The maximum atomic E-state index is 12.4. The summed E-state index contributed by atoms with van der Waals surface area (Å²) in [4.78, 5) is 25.5. The molecule has 1 saturated heterocycles. The van der Waals surface area contributed by atoms with Crippen LogP contribution in [0.15, 0.2) is 18.2 Å². The van der Waals surface area contributed by atoms with Gasteiger partial charge >= 0.3 is 12.0 Å². The summed E-state index contributed by atoms with van der Waals surface area (Å²) < 4.78 is 15.6. The Kier molecular flexibility index (Phi) is 6.60. The molecular weight excluding hydrogens is 332 g/mol. The molecular formula is C16H22N2O5S. The molecule has 1 aliphatic rings. The van der Waals surface area contributed by atoms with E-state index in [1.165, 1.54) is 0 Å². The number of nitrogens with one attached hydrogen (secondary N) is 1. The highest BCUT2D eigenvalue weighted by atomic mass is 32.2. The van der Waals surface area contributed by atoms with Crippen molar-refractivity contribution in [2.75, 3.05) is 39.7 Å². The van der Waals surface area contributed by atoms with E-state index >= 15 is 0 Å². The topological polar surface area (TPSA) is 77.1 Å². The number of hydrogen-bond acceptors (Lipinski definition) is 6. The summed E-state index contributed by atoms with van der Waals surface area (Å²) in [6.45, 7) is 2.46. The molecule has 0 unspecified atom stereocenters. The van der Waals surface area contributed by atoms with Gasteiger partial charge in [0.05, 0.1) is 20.8 Å². The molecule has 1 fully saturated rings. The number of carbonyl (C=O) groups is 2. The van der Waals surface area contributed by atoms with Gasteiger partial charge in [0.1, 0.15) is 11.9 Å². The lowest BCUT2D eigenvalue weighted by Gasteiger charge is -2.26. The SMILES string of the molecule is CCOC(=O)CNC(=O)N1CCS[C@@H]1c1cccc(OC)c1OC. The van der Waals surface area contributed by atoms with Crippen LogP contribution in [-0.2, 0) is 9.53 Å². The lowest BCUT2D eigenvalue weighted by molar-refractivity contribution is -0.141. The fraction of sp³-hybridized carbons (Fsp3) is 0.500. The van der Waals surface area contributed by atoms with Gasteiger partial charge in [0.15, 0.2) is 11.5 Å². The summed E-state index contributed by atoms with van der Waals surface area (Å²) >= 11 is 1.64. The van der Waals surface area contributed by atoms with Crippen LogP contribution in [0.25, 0.3) is 0 Å². The minimum Gasteiger partial charge on any atom is -0.493 e. The van der Waals surface area contributed by atoms with Crippen molar-refractivity contribution < 1.29 is 23.8 Å². The van der Waals surface area contributed by atoms with Crippen LogP contribution in [0, 0.1) is 0 Å². The number of nitrogens with zero attached hydrogens (tertiary/aromatic N) is 1. The number of carbonyl (C=O) groups excluding carboxylic acids is 2. The zero-order chi connectivity index (χ0) is 17.5. The second kappa shape index (κ2) is 8.68. The minimum atomic E-state index is -0.451. The van der Waals surface area contributed by atoms with Crippen LogP contribution >= 0.6 is 11.8 Å². The maximum Gasteiger partial charge on any atom is 0.325 e. The normalized spacial score (nSPS) is 16.6.